The summed E-state index contributed by atoms with van der Waals surface area (Å²) in [6, 6.07) is 7.29. The van der Waals surface area contributed by atoms with Crippen LogP contribution in [-0.2, 0) is 0 Å². The van der Waals surface area contributed by atoms with Crippen molar-refractivity contribution in [2.45, 2.75) is 39.7 Å². The van der Waals surface area contributed by atoms with E-state index >= 15 is 0 Å². The predicted molar refractivity (Wildman–Crippen MR) is 87.6 cm³/mol. The SMILES string of the molecule is Cc1ccccc1C(O)CNC(=O)NCCCC(C)(C)CO. The summed E-state index contributed by atoms with van der Waals surface area (Å²) in [4.78, 5) is 11.7. The van der Waals surface area contributed by atoms with Crippen LogP contribution >= 0.6 is 0 Å². The van der Waals surface area contributed by atoms with Gasteiger partial charge in [0.2, 0.25) is 0 Å². The van der Waals surface area contributed by atoms with Gasteiger partial charge in [-0.1, -0.05) is 38.1 Å². The number of aliphatic hydroxyl groups excluding tert-OH is 2. The first-order valence-electron chi connectivity index (χ1n) is 7.72. The lowest BCUT2D eigenvalue weighted by Crippen LogP contribution is -2.38. The lowest BCUT2D eigenvalue weighted by Gasteiger charge is -2.21. The van der Waals surface area contributed by atoms with E-state index in [1.165, 1.54) is 0 Å². The maximum Gasteiger partial charge on any atom is 0.314 e. The molecule has 2 amide bonds. The quantitative estimate of drug-likeness (QED) is 0.555. The van der Waals surface area contributed by atoms with E-state index in [2.05, 4.69) is 10.6 Å². The van der Waals surface area contributed by atoms with Crippen LogP contribution in [0.1, 0.15) is 43.9 Å². The lowest BCUT2D eigenvalue weighted by atomic mass is 9.89. The Balaban J connectivity index is 2.25. The van der Waals surface area contributed by atoms with Crippen molar-refractivity contribution in [3.05, 3.63) is 35.4 Å². The van der Waals surface area contributed by atoms with E-state index in [1.807, 2.05) is 45.0 Å². The van der Waals surface area contributed by atoms with Gasteiger partial charge < -0.3 is 20.8 Å². The first-order chi connectivity index (χ1) is 10.4. The second-order valence-electron chi connectivity index (χ2n) is 6.44. The van der Waals surface area contributed by atoms with Crippen LogP contribution in [0, 0.1) is 12.3 Å². The molecule has 1 unspecified atom stereocenters. The Hall–Kier alpha value is -1.59. The number of amides is 2. The van der Waals surface area contributed by atoms with Crippen molar-refractivity contribution >= 4 is 6.03 Å². The highest BCUT2D eigenvalue weighted by Crippen LogP contribution is 2.20. The Morgan fingerprint density at radius 1 is 1.27 bits per heavy atom. The van der Waals surface area contributed by atoms with Crippen LogP contribution in [0.3, 0.4) is 0 Å². The monoisotopic (exact) mass is 308 g/mol. The van der Waals surface area contributed by atoms with Gasteiger partial charge in [-0.2, -0.15) is 0 Å². The van der Waals surface area contributed by atoms with E-state index in [9.17, 15) is 9.90 Å². The van der Waals surface area contributed by atoms with Crippen molar-refractivity contribution in [1.82, 2.24) is 10.6 Å². The first kappa shape index (κ1) is 18.5. The van der Waals surface area contributed by atoms with Crippen LogP contribution in [0.25, 0.3) is 0 Å². The normalized spacial score (nSPS) is 12.8. The molecule has 0 aliphatic heterocycles. The summed E-state index contributed by atoms with van der Waals surface area (Å²) < 4.78 is 0. The summed E-state index contributed by atoms with van der Waals surface area (Å²) in [5.74, 6) is 0. The second kappa shape index (κ2) is 8.76. The molecule has 0 aliphatic carbocycles. The van der Waals surface area contributed by atoms with Gasteiger partial charge in [0.25, 0.3) is 0 Å². The molecule has 0 fully saturated rings. The molecule has 5 heteroatoms. The minimum atomic E-state index is -0.708. The highest BCUT2D eigenvalue weighted by atomic mass is 16.3. The van der Waals surface area contributed by atoms with Gasteiger partial charge in [0, 0.05) is 19.7 Å². The lowest BCUT2D eigenvalue weighted by molar-refractivity contribution is 0.147. The van der Waals surface area contributed by atoms with Gasteiger partial charge in [-0.3, -0.25) is 0 Å². The molecule has 22 heavy (non-hydrogen) atoms. The molecule has 0 spiro atoms. The highest BCUT2D eigenvalue weighted by molar-refractivity contribution is 5.73. The van der Waals surface area contributed by atoms with Crippen LogP contribution in [0.4, 0.5) is 4.79 Å². The maximum absolute atomic E-state index is 11.7. The smallest absolute Gasteiger partial charge is 0.314 e. The molecule has 1 atom stereocenters. The summed E-state index contributed by atoms with van der Waals surface area (Å²) in [6.45, 7) is 6.79. The highest BCUT2D eigenvalue weighted by Gasteiger charge is 2.16. The molecule has 5 nitrogen and oxygen atoms in total. The van der Waals surface area contributed by atoms with Crippen molar-refractivity contribution in [1.29, 1.82) is 0 Å². The van der Waals surface area contributed by atoms with E-state index < -0.39 is 6.10 Å². The van der Waals surface area contributed by atoms with Crippen LogP contribution in [0.5, 0.6) is 0 Å². The zero-order chi connectivity index (χ0) is 16.6. The molecule has 124 valence electrons. The Labute approximate surface area is 132 Å². The molecule has 1 aromatic rings. The number of hydrogen-bond donors (Lipinski definition) is 4. The number of carbonyl (C=O) groups is 1. The van der Waals surface area contributed by atoms with Gasteiger partial charge in [-0.15, -0.1) is 0 Å². The summed E-state index contributed by atoms with van der Waals surface area (Å²) in [6.07, 6.45) is 0.942. The number of nitrogens with one attached hydrogen (secondary N) is 2. The molecule has 0 saturated heterocycles. The number of aliphatic hydroxyl groups is 2. The first-order valence-corrected chi connectivity index (χ1v) is 7.72. The fraction of sp³-hybridized carbons (Fsp3) is 0.588. The van der Waals surface area contributed by atoms with E-state index in [1.54, 1.807) is 0 Å². The van der Waals surface area contributed by atoms with Gasteiger partial charge in [0.1, 0.15) is 0 Å². The zero-order valence-corrected chi connectivity index (χ0v) is 13.7. The standard InChI is InChI=1S/C17H28N2O3/c1-13-7-4-5-8-14(13)15(21)11-19-16(22)18-10-6-9-17(2,3)12-20/h4-5,7-8,15,20-21H,6,9-12H2,1-3H3,(H2,18,19,22). The topological polar surface area (TPSA) is 81.6 Å². The van der Waals surface area contributed by atoms with Crippen LogP contribution in [-0.4, -0.2) is 35.9 Å². The zero-order valence-electron chi connectivity index (χ0n) is 13.7. The van der Waals surface area contributed by atoms with Crippen molar-refractivity contribution in [2.75, 3.05) is 19.7 Å². The third-order valence-corrected chi connectivity index (χ3v) is 3.75. The van der Waals surface area contributed by atoms with Crippen molar-refractivity contribution < 1.29 is 15.0 Å². The van der Waals surface area contributed by atoms with Crippen LogP contribution in [0.15, 0.2) is 24.3 Å². The molecule has 0 heterocycles. The summed E-state index contributed by atoms with van der Waals surface area (Å²) in [7, 11) is 0. The van der Waals surface area contributed by atoms with E-state index in [0.29, 0.717) is 6.54 Å². The molecule has 1 aromatic carbocycles. The Kier molecular flexibility index (Phi) is 7.35. The Morgan fingerprint density at radius 2 is 1.95 bits per heavy atom. The minimum absolute atomic E-state index is 0.112. The molecule has 0 saturated carbocycles. The third kappa shape index (κ3) is 6.45. The predicted octanol–water partition coefficient (Wildman–Crippen LogP) is 2.13. The third-order valence-electron chi connectivity index (χ3n) is 3.75. The number of aryl methyl sites for hydroxylation is 1. The average molecular weight is 308 g/mol. The molecule has 0 aliphatic rings. The number of rotatable bonds is 8. The van der Waals surface area contributed by atoms with E-state index in [4.69, 9.17) is 5.11 Å². The van der Waals surface area contributed by atoms with Gasteiger partial charge in [0.05, 0.1) is 6.10 Å². The molecule has 0 radical (unpaired) electrons. The van der Waals surface area contributed by atoms with Gasteiger partial charge in [-0.25, -0.2) is 4.79 Å². The molecule has 4 N–H and O–H groups in total. The number of hydrogen-bond acceptors (Lipinski definition) is 3. The van der Waals surface area contributed by atoms with Crippen molar-refractivity contribution in [3.63, 3.8) is 0 Å². The number of carbonyl (C=O) groups excluding carboxylic acids is 1. The van der Waals surface area contributed by atoms with E-state index in [-0.39, 0.29) is 24.6 Å². The Bertz CT molecular complexity index is 475. The minimum Gasteiger partial charge on any atom is -0.396 e. The molecule has 0 bridgehead atoms. The average Bonchev–Trinajstić information content (AvgIpc) is 2.49. The molecule has 1 rings (SSSR count). The van der Waals surface area contributed by atoms with Crippen molar-refractivity contribution in [2.24, 2.45) is 5.41 Å². The second-order valence-corrected chi connectivity index (χ2v) is 6.44. The molecular formula is C17H28N2O3. The fourth-order valence-corrected chi connectivity index (χ4v) is 2.17. The largest absolute Gasteiger partial charge is 0.396 e. The summed E-state index contributed by atoms with van der Waals surface area (Å²) in [5.41, 5.74) is 1.72. The van der Waals surface area contributed by atoms with Gasteiger partial charge in [-0.05, 0) is 36.3 Å². The number of urea groups is 1. The van der Waals surface area contributed by atoms with E-state index in [0.717, 1.165) is 24.0 Å². The molecule has 0 aromatic heterocycles. The summed E-state index contributed by atoms with van der Waals surface area (Å²) >= 11 is 0. The van der Waals surface area contributed by atoms with Gasteiger partial charge in [0.15, 0.2) is 0 Å². The fourth-order valence-electron chi connectivity index (χ4n) is 2.17. The van der Waals surface area contributed by atoms with Crippen LogP contribution < -0.4 is 10.6 Å². The van der Waals surface area contributed by atoms with Crippen molar-refractivity contribution in [3.8, 4) is 0 Å². The maximum atomic E-state index is 11.7. The Morgan fingerprint density at radius 3 is 2.59 bits per heavy atom. The van der Waals surface area contributed by atoms with Gasteiger partial charge >= 0.3 is 6.03 Å². The van der Waals surface area contributed by atoms with Crippen LogP contribution in [0.2, 0.25) is 0 Å². The summed E-state index contributed by atoms with van der Waals surface area (Å²) in [5, 5.41) is 24.7. The number of benzene rings is 1. The molecular weight excluding hydrogens is 280 g/mol.